The van der Waals surface area contributed by atoms with Crippen LogP contribution in [0.5, 0.6) is 0 Å². The third kappa shape index (κ3) is 2.41. The minimum atomic E-state index is -0.180. The van der Waals surface area contributed by atoms with Gasteiger partial charge in [0.15, 0.2) is 0 Å². The second kappa shape index (κ2) is 5.37. The molecule has 23 heavy (non-hydrogen) atoms. The van der Waals surface area contributed by atoms with E-state index in [0.717, 1.165) is 5.69 Å². The van der Waals surface area contributed by atoms with Crippen LogP contribution in [0.4, 0.5) is 0 Å². The van der Waals surface area contributed by atoms with Crippen molar-refractivity contribution in [2.75, 3.05) is 0 Å². The Balaban J connectivity index is 1.86. The van der Waals surface area contributed by atoms with Gasteiger partial charge in [0.05, 0.1) is 22.3 Å². The minimum absolute atomic E-state index is 0.180. The predicted molar refractivity (Wildman–Crippen MR) is 89.9 cm³/mol. The van der Waals surface area contributed by atoms with E-state index in [1.165, 1.54) is 0 Å². The fraction of sp³-hybridized carbons (Fsp3) is 0. The molecule has 4 rings (SSSR count). The standard InChI is InChI=1S/C17H11ClN4O/c18-14-9-11(22-8-7-19-10-22)5-6-12(14)16-20-15-4-2-1-3-13(15)17(23)21-16/h1-10H,(H,20,21,23). The quantitative estimate of drug-likeness (QED) is 0.615. The Morgan fingerprint density at radius 1 is 1.13 bits per heavy atom. The van der Waals surface area contributed by atoms with Gasteiger partial charge in [0.25, 0.3) is 5.56 Å². The average Bonchev–Trinajstić information content (AvgIpc) is 3.09. The van der Waals surface area contributed by atoms with Crippen LogP contribution in [0.1, 0.15) is 0 Å². The number of para-hydroxylation sites is 1. The van der Waals surface area contributed by atoms with Gasteiger partial charge in [-0.2, -0.15) is 0 Å². The number of nitrogens with zero attached hydrogens (tertiary/aromatic N) is 3. The Labute approximate surface area is 136 Å². The van der Waals surface area contributed by atoms with Crippen molar-refractivity contribution in [3.63, 3.8) is 0 Å². The third-order valence-corrected chi connectivity index (χ3v) is 3.94. The first-order valence-corrected chi connectivity index (χ1v) is 7.37. The van der Waals surface area contributed by atoms with E-state index in [-0.39, 0.29) is 5.56 Å². The summed E-state index contributed by atoms with van der Waals surface area (Å²) >= 11 is 6.39. The number of aromatic amines is 1. The van der Waals surface area contributed by atoms with E-state index in [0.29, 0.717) is 27.3 Å². The molecule has 0 fully saturated rings. The molecule has 2 heterocycles. The van der Waals surface area contributed by atoms with Crippen LogP contribution in [0.25, 0.3) is 28.0 Å². The van der Waals surface area contributed by atoms with Crippen LogP contribution in [-0.4, -0.2) is 19.5 Å². The van der Waals surface area contributed by atoms with Crippen LogP contribution < -0.4 is 5.56 Å². The summed E-state index contributed by atoms with van der Waals surface area (Å²) in [6.07, 6.45) is 5.23. The maximum atomic E-state index is 12.2. The number of halogens is 1. The van der Waals surface area contributed by atoms with Gasteiger partial charge in [0.2, 0.25) is 0 Å². The molecule has 0 unspecified atom stereocenters. The monoisotopic (exact) mass is 322 g/mol. The van der Waals surface area contributed by atoms with E-state index >= 15 is 0 Å². The number of H-pyrrole nitrogens is 1. The molecular weight excluding hydrogens is 312 g/mol. The number of aromatic nitrogens is 4. The summed E-state index contributed by atoms with van der Waals surface area (Å²) in [4.78, 5) is 23.5. The second-order valence-electron chi connectivity index (χ2n) is 5.07. The maximum Gasteiger partial charge on any atom is 0.259 e. The highest BCUT2D eigenvalue weighted by molar-refractivity contribution is 6.33. The van der Waals surface area contributed by atoms with Gasteiger partial charge in [-0.25, -0.2) is 9.97 Å². The van der Waals surface area contributed by atoms with E-state index in [2.05, 4.69) is 15.0 Å². The molecule has 5 nitrogen and oxygen atoms in total. The van der Waals surface area contributed by atoms with Crippen molar-refractivity contribution in [2.24, 2.45) is 0 Å². The van der Waals surface area contributed by atoms with Gasteiger partial charge in [0, 0.05) is 23.6 Å². The lowest BCUT2D eigenvalue weighted by atomic mass is 10.1. The number of hydrogen-bond donors (Lipinski definition) is 1. The number of fused-ring (bicyclic) bond motifs is 1. The molecule has 0 atom stereocenters. The van der Waals surface area contributed by atoms with Crippen LogP contribution in [-0.2, 0) is 0 Å². The fourth-order valence-corrected chi connectivity index (χ4v) is 2.75. The molecule has 0 bridgehead atoms. The van der Waals surface area contributed by atoms with Crippen molar-refractivity contribution >= 4 is 22.5 Å². The smallest absolute Gasteiger partial charge is 0.259 e. The molecule has 2 aromatic heterocycles. The fourth-order valence-electron chi connectivity index (χ4n) is 2.48. The Kier molecular flexibility index (Phi) is 3.20. The molecule has 0 aliphatic heterocycles. The molecule has 0 amide bonds. The first-order valence-electron chi connectivity index (χ1n) is 7.00. The molecule has 2 aromatic carbocycles. The van der Waals surface area contributed by atoms with Crippen molar-refractivity contribution in [3.8, 4) is 17.1 Å². The predicted octanol–water partition coefficient (Wildman–Crippen LogP) is 3.43. The summed E-state index contributed by atoms with van der Waals surface area (Å²) in [6, 6.07) is 12.8. The molecule has 0 saturated carbocycles. The van der Waals surface area contributed by atoms with Crippen molar-refractivity contribution in [2.45, 2.75) is 0 Å². The average molecular weight is 323 g/mol. The minimum Gasteiger partial charge on any atom is -0.306 e. The van der Waals surface area contributed by atoms with E-state index in [1.54, 1.807) is 18.6 Å². The van der Waals surface area contributed by atoms with Crippen molar-refractivity contribution in [1.82, 2.24) is 19.5 Å². The SMILES string of the molecule is O=c1[nH]c(-c2ccc(-n3ccnc3)cc2Cl)nc2ccccc12. The number of nitrogens with one attached hydrogen (secondary N) is 1. The largest absolute Gasteiger partial charge is 0.306 e. The van der Waals surface area contributed by atoms with Crippen molar-refractivity contribution in [1.29, 1.82) is 0 Å². The van der Waals surface area contributed by atoms with Gasteiger partial charge in [-0.3, -0.25) is 4.79 Å². The van der Waals surface area contributed by atoms with Gasteiger partial charge < -0.3 is 9.55 Å². The van der Waals surface area contributed by atoms with Crippen LogP contribution in [0.3, 0.4) is 0 Å². The van der Waals surface area contributed by atoms with Gasteiger partial charge in [-0.05, 0) is 30.3 Å². The summed E-state index contributed by atoms with van der Waals surface area (Å²) in [5, 5.41) is 1.07. The lowest BCUT2D eigenvalue weighted by Gasteiger charge is -2.08. The number of imidazole rings is 1. The highest BCUT2D eigenvalue weighted by Crippen LogP contribution is 2.27. The molecule has 0 saturated heterocycles. The molecule has 0 radical (unpaired) electrons. The van der Waals surface area contributed by atoms with Crippen LogP contribution in [0, 0.1) is 0 Å². The Morgan fingerprint density at radius 2 is 2.00 bits per heavy atom. The summed E-state index contributed by atoms with van der Waals surface area (Å²) in [6.45, 7) is 0. The highest BCUT2D eigenvalue weighted by Gasteiger charge is 2.10. The third-order valence-electron chi connectivity index (χ3n) is 3.62. The van der Waals surface area contributed by atoms with Crippen LogP contribution in [0.15, 0.2) is 66.0 Å². The molecule has 112 valence electrons. The first kappa shape index (κ1) is 13.7. The van der Waals surface area contributed by atoms with E-state index in [1.807, 2.05) is 47.2 Å². The van der Waals surface area contributed by atoms with E-state index < -0.39 is 0 Å². The maximum absolute atomic E-state index is 12.2. The van der Waals surface area contributed by atoms with Gasteiger partial charge in [0.1, 0.15) is 5.82 Å². The van der Waals surface area contributed by atoms with E-state index in [4.69, 9.17) is 11.6 Å². The summed E-state index contributed by atoms with van der Waals surface area (Å²) in [5.41, 5.74) is 2.03. The lowest BCUT2D eigenvalue weighted by Crippen LogP contribution is -2.09. The Bertz CT molecular complexity index is 1050. The van der Waals surface area contributed by atoms with E-state index in [9.17, 15) is 4.79 Å². The van der Waals surface area contributed by atoms with Gasteiger partial charge >= 0.3 is 0 Å². The van der Waals surface area contributed by atoms with Gasteiger partial charge in [-0.1, -0.05) is 23.7 Å². The molecule has 6 heteroatoms. The molecule has 0 aliphatic carbocycles. The molecular formula is C17H11ClN4O. The zero-order valence-electron chi connectivity index (χ0n) is 11.9. The summed E-state index contributed by atoms with van der Waals surface area (Å²) < 4.78 is 1.85. The zero-order chi connectivity index (χ0) is 15.8. The summed E-state index contributed by atoms with van der Waals surface area (Å²) in [5.74, 6) is 0.455. The molecule has 0 spiro atoms. The topological polar surface area (TPSA) is 63.6 Å². The highest BCUT2D eigenvalue weighted by atomic mass is 35.5. The van der Waals surface area contributed by atoms with Crippen molar-refractivity contribution < 1.29 is 0 Å². The lowest BCUT2D eigenvalue weighted by molar-refractivity contribution is 1.06. The Hall–Kier alpha value is -2.92. The second-order valence-corrected chi connectivity index (χ2v) is 5.47. The number of rotatable bonds is 2. The summed E-state index contributed by atoms with van der Waals surface area (Å²) in [7, 11) is 0. The first-order chi connectivity index (χ1) is 11.2. The van der Waals surface area contributed by atoms with Crippen LogP contribution in [0.2, 0.25) is 5.02 Å². The molecule has 0 aliphatic rings. The normalized spacial score (nSPS) is 11.0. The number of benzene rings is 2. The van der Waals surface area contributed by atoms with Crippen molar-refractivity contribution in [3.05, 3.63) is 76.6 Å². The molecule has 1 N–H and O–H groups in total. The van der Waals surface area contributed by atoms with Gasteiger partial charge in [-0.15, -0.1) is 0 Å². The Morgan fingerprint density at radius 3 is 2.78 bits per heavy atom. The van der Waals surface area contributed by atoms with Crippen LogP contribution >= 0.6 is 11.6 Å². The molecule has 4 aromatic rings. The number of hydrogen-bond acceptors (Lipinski definition) is 3. The zero-order valence-corrected chi connectivity index (χ0v) is 12.7.